The van der Waals surface area contributed by atoms with Crippen molar-refractivity contribution >= 4 is 15.9 Å². The van der Waals surface area contributed by atoms with Crippen molar-refractivity contribution in [3.8, 4) is 11.3 Å². The molecular weight excluding hydrogens is 290 g/mol. The van der Waals surface area contributed by atoms with Crippen molar-refractivity contribution in [1.29, 1.82) is 0 Å². The van der Waals surface area contributed by atoms with Crippen molar-refractivity contribution in [1.82, 2.24) is 9.97 Å². The van der Waals surface area contributed by atoms with Crippen molar-refractivity contribution < 1.29 is 8.78 Å². The molecule has 0 aliphatic rings. The number of aryl methyl sites for hydroxylation is 1. The molecule has 1 aromatic carbocycles. The first kappa shape index (κ1) is 12.1. The topological polar surface area (TPSA) is 25.8 Å². The minimum Gasteiger partial charge on any atom is -0.233 e. The summed E-state index contributed by atoms with van der Waals surface area (Å²) in [4.78, 5) is 7.86. The maximum Gasteiger partial charge on any atom is 0.280 e. The van der Waals surface area contributed by atoms with Gasteiger partial charge in [-0.2, -0.15) is 0 Å². The van der Waals surface area contributed by atoms with Gasteiger partial charge in [-0.25, -0.2) is 18.7 Å². The third kappa shape index (κ3) is 2.85. The molecule has 2 rings (SSSR count). The predicted molar refractivity (Wildman–Crippen MR) is 64.9 cm³/mol. The maximum absolute atomic E-state index is 12.6. The van der Waals surface area contributed by atoms with E-state index in [2.05, 4.69) is 25.9 Å². The average molecular weight is 299 g/mol. The number of nitrogens with zero attached hydrogens (tertiary/aromatic N) is 2. The summed E-state index contributed by atoms with van der Waals surface area (Å²) < 4.78 is 26.1. The lowest BCUT2D eigenvalue weighted by Crippen LogP contribution is -1.98. The predicted octanol–water partition coefficient (Wildman–Crippen LogP) is 4.15. The zero-order valence-electron chi connectivity index (χ0n) is 8.99. The van der Waals surface area contributed by atoms with Gasteiger partial charge in [0.15, 0.2) is 0 Å². The lowest BCUT2D eigenvalue weighted by atomic mass is 10.1. The highest BCUT2D eigenvalue weighted by atomic mass is 79.9. The number of halogens is 3. The molecule has 0 saturated carbocycles. The molecular formula is C12H9BrF2N2. The minimum absolute atomic E-state index is 0.240. The van der Waals surface area contributed by atoms with Crippen LogP contribution in [0.2, 0.25) is 0 Å². The Morgan fingerprint density at radius 3 is 2.35 bits per heavy atom. The van der Waals surface area contributed by atoms with Gasteiger partial charge in [-0.3, -0.25) is 0 Å². The first-order valence-corrected chi connectivity index (χ1v) is 5.75. The van der Waals surface area contributed by atoms with Crippen LogP contribution in [0.15, 0.2) is 34.8 Å². The summed E-state index contributed by atoms with van der Waals surface area (Å²) in [5.41, 5.74) is 1.07. The molecule has 1 aromatic heterocycles. The van der Waals surface area contributed by atoms with Crippen LogP contribution in [0.4, 0.5) is 8.78 Å². The average Bonchev–Trinajstić information content (AvgIpc) is 2.29. The largest absolute Gasteiger partial charge is 0.280 e. The Labute approximate surface area is 106 Å². The Hall–Kier alpha value is -1.36. The molecule has 2 nitrogen and oxygen atoms in total. The van der Waals surface area contributed by atoms with E-state index >= 15 is 0 Å². The quantitative estimate of drug-likeness (QED) is 0.832. The van der Waals surface area contributed by atoms with Crippen molar-refractivity contribution in [3.63, 3.8) is 0 Å². The SMILES string of the molecule is Cc1nc(-c2ccc(Br)cc2)cc(C(F)F)n1. The van der Waals surface area contributed by atoms with Gasteiger partial charge in [0.05, 0.1) is 5.69 Å². The third-order valence-corrected chi connectivity index (χ3v) is 2.75. The molecule has 0 aliphatic heterocycles. The van der Waals surface area contributed by atoms with Gasteiger partial charge in [0.1, 0.15) is 11.5 Å². The molecule has 0 spiro atoms. The molecule has 0 aliphatic carbocycles. The standard InChI is InChI=1S/C12H9BrF2N2/c1-7-16-10(6-11(17-7)12(14)15)8-2-4-9(13)5-3-8/h2-6,12H,1H3. The Kier molecular flexibility index (Phi) is 3.47. The van der Waals surface area contributed by atoms with Gasteiger partial charge in [-0.1, -0.05) is 28.1 Å². The third-order valence-electron chi connectivity index (χ3n) is 2.22. The van der Waals surface area contributed by atoms with Gasteiger partial charge < -0.3 is 0 Å². The number of hydrogen-bond donors (Lipinski definition) is 0. The van der Waals surface area contributed by atoms with Crippen LogP contribution in [-0.4, -0.2) is 9.97 Å². The van der Waals surface area contributed by atoms with E-state index in [-0.39, 0.29) is 5.69 Å². The van der Waals surface area contributed by atoms with E-state index in [0.29, 0.717) is 11.5 Å². The van der Waals surface area contributed by atoms with Crippen molar-refractivity contribution in [2.75, 3.05) is 0 Å². The van der Waals surface area contributed by atoms with Crippen LogP contribution >= 0.6 is 15.9 Å². The minimum atomic E-state index is -2.58. The number of hydrogen-bond acceptors (Lipinski definition) is 2. The van der Waals surface area contributed by atoms with Crippen molar-refractivity contribution in [3.05, 3.63) is 46.3 Å². The van der Waals surface area contributed by atoms with Crippen LogP contribution in [0.25, 0.3) is 11.3 Å². The summed E-state index contributed by atoms with van der Waals surface area (Å²) >= 11 is 3.32. The first-order chi connectivity index (χ1) is 8.06. The summed E-state index contributed by atoms with van der Waals surface area (Å²) in [5.74, 6) is 0.348. The smallest absolute Gasteiger partial charge is 0.233 e. The molecule has 0 amide bonds. The molecule has 0 unspecified atom stereocenters. The highest BCUT2D eigenvalue weighted by Crippen LogP contribution is 2.24. The second-order valence-electron chi connectivity index (χ2n) is 3.53. The number of alkyl halides is 2. The van der Waals surface area contributed by atoms with Gasteiger partial charge in [0.25, 0.3) is 6.43 Å². The summed E-state index contributed by atoms with van der Waals surface area (Å²) in [5, 5.41) is 0. The van der Waals surface area contributed by atoms with E-state index in [1.807, 2.05) is 24.3 Å². The van der Waals surface area contributed by atoms with E-state index in [1.54, 1.807) is 6.92 Å². The fourth-order valence-electron chi connectivity index (χ4n) is 1.47. The lowest BCUT2D eigenvalue weighted by molar-refractivity contribution is 0.145. The van der Waals surface area contributed by atoms with Crippen LogP contribution < -0.4 is 0 Å². The summed E-state index contributed by atoms with van der Waals surface area (Å²) in [6.07, 6.45) is -2.58. The van der Waals surface area contributed by atoms with Gasteiger partial charge in [-0.15, -0.1) is 0 Å². The van der Waals surface area contributed by atoms with Crippen LogP contribution in [0.3, 0.4) is 0 Å². The highest BCUT2D eigenvalue weighted by Gasteiger charge is 2.12. The van der Waals surface area contributed by atoms with Crippen LogP contribution in [0.1, 0.15) is 17.9 Å². The number of rotatable bonds is 2. The number of benzene rings is 1. The van der Waals surface area contributed by atoms with Crippen molar-refractivity contribution in [2.45, 2.75) is 13.3 Å². The zero-order chi connectivity index (χ0) is 12.4. The van der Waals surface area contributed by atoms with Gasteiger partial charge in [-0.05, 0) is 25.1 Å². The molecule has 88 valence electrons. The Balaban J connectivity index is 2.48. The highest BCUT2D eigenvalue weighted by molar-refractivity contribution is 9.10. The molecule has 0 N–H and O–H groups in total. The molecule has 5 heteroatoms. The Morgan fingerprint density at radius 2 is 1.76 bits per heavy atom. The molecule has 1 heterocycles. The van der Waals surface area contributed by atoms with Gasteiger partial charge in [0.2, 0.25) is 0 Å². The monoisotopic (exact) mass is 298 g/mol. The normalized spacial score (nSPS) is 10.9. The molecule has 0 atom stereocenters. The molecule has 0 radical (unpaired) electrons. The molecule has 0 fully saturated rings. The van der Waals surface area contributed by atoms with E-state index < -0.39 is 6.43 Å². The first-order valence-electron chi connectivity index (χ1n) is 4.96. The molecule has 0 saturated heterocycles. The number of aromatic nitrogens is 2. The van der Waals surface area contributed by atoms with Gasteiger partial charge >= 0.3 is 0 Å². The molecule has 0 bridgehead atoms. The van der Waals surface area contributed by atoms with E-state index in [9.17, 15) is 8.78 Å². The Bertz CT molecular complexity index is 527. The van der Waals surface area contributed by atoms with Crippen LogP contribution in [0, 0.1) is 6.92 Å². The zero-order valence-corrected chi connectivity index (χ0v) is 10.6. The lowest BCUT2D eigenvalue weighted by Gasteiger charge is -2.05. The fraction of sp³-hybridized carbons (Fsp3) is 0.167. The second-order valence-corrected chi connectivity index (χ2v) is 4.45. The van der Waals surface area contributed by atoms with Crippen molar-refractivity contribution in [2.24, 2.45) is 0 Å². The second kappa shape index (κ2) is 4.87. The molecule has 2 aromatic rings. The maximum atomic E-state index is 12.6. The van der Waals surface area contributed by atoms with E-state index in [0.717, 1.165) is 10.0 Å². The fourth-order valence-corrected chi connectivity index (χ4v) is 1.74. The summed E-state index contributed by atoms with van der Waals surface area (Å²) in [6, 6.07) is 8.65. The van der Waals surface area contributed by atoms with Crippen LogP contribution in [0.5, 0.6) is 0 Å². The summed E-state index contributed by atoms with van der Waals surface area (Å²) in [6.45, 7) is 1.61. The Morgan fingerprint density at radius 1 is 1.12 bits per heavy atom. The van der Waals surface area contributed by atoms with Gasteiger partial charge in [0, 0.05) is 10.0 Å². The summed E-state index contributed by atoms with van der Waals surface area (Å²) in [7, 11) is 0. The molecule has 17 heavy (non-hydrogen) atoms. The van der Waals surface area contributed by atoms with Crippen LogP contribution in [-0.2, 0) is 0 Å². The van der Waals surface area contributed by atoms with E-state index in [1.165, 1.54) is 6.07 Å². The van der Waals surface area contributed by atoms with E-state index in [4.69, 9.17) is 0 Å².